The topological polar surface area (TPSA) is 44.1 Å². The molecule has 0 aliphatic carbocycles. The number of rotatable bonds is 5. The Labute approximate surface area is 155 Å². The molecule has 1 heterocycles. The van der Waals surface area contributed by atoms with Crippen LogP contribution in [0.3, 0.4) is 0 Å². The predicted molar refractivity (Wildman–Crippen MR) is 103 cm³/mol. The molecular weight excluding hydrogens is 352 g/mol. The van der Waals surface area contributed by atoms with E-state index in [0.717, 1.165) is 15.6 Å². The van der Waals surface area contributed by atoms with Crippen molar-refractivity contribution in [3.05, 3.63) is 82.2 Å². The van der Waals surface area contributed by atoms with Crippen LogP contribution in [0.2, 0.25) is 5.02 Å². The number of hydrogen-bond acceptors (Lipinski definition) is 3. The molecule has 2 aromatic carbocycles. The maximum Gasteiger partial charge on any atom is 0.266 e. The highest BCUT2D eigenvalue weighted by Gasteiger charge is 2.22. The molecule has 0 unspecified atom stereocenters. The molecule has 0 radical (unpaired) electrons. The third kappa shape index (κ3) is 3.58. The molecule has 0 aliphatic heterocycles. The van der Waals surface area contributed by atoms with Gasteiger partial charge >= 0.3 is 0 Å². The number of nitriles is 1. The van der Waals surface area contributed by atoms with E-state index in [0.29, 0.717) is 28.6 Å². The lowest BCUT2D eigenvalue weighted by molar-refractivity contribution is 0.0768. The van der Waals surface area contributed by atoms with Gasteiger partial charge in [-0.05, 0) is 23.8 Å². The number of amides is 1. The van der Waals surface area contributed by atoms with Crippen LogP contribution < -0.4 is 0 Å². The molecule has 3 rings (SSSR count). The lowest BCUT2D eigenvalue weighted by Gasteiger charge is -2.21. The summed E-state index contributed by atoms with van der Waals surface area (Å²) in [5.74, 6) is -0.115. The van der Waals surface area contributed by atoms with Crippen molar-refractivity contribution in [2.45, 2.75) is 6.54 Å². The van der Waals surface area contributed by atoms with Gasteiger partial charge in [0.05, 0.1) is 16.7 Å². The van der Waals surface area contributed by atoms with Crippen molar-refractivity contribution in [3.63, 3.8) is 0 Å². The smallest absolute Gasteiger partial charge is 0.266 e. The van der Waals surface area contributed by atoms with E-state index in [4.69, 9.17) is 16.9 Å². The summed E-state index contributed by atoms with van der Waals surface area (Å²) in [6.07, 6.45) is 1.70. The van der Waals surface area contributed by atoms with Crippen molar-refractivity contribution in [1.82, 2.24) is 4.90 Å². The summed E-state index contributed by atoms with van der Waals surface area (Å²) in [6, 6.07) is 17.0. The van der Waals surface area contributed by atoms with E-state index in [2.05, 4.69) is 12.6 Å². The van der Waals surface area contributed by atoms with Gasteiger partial charge in [0.1, 0.15) is 4.88 Å². The zero-order chi connectivity index (χ0) is 17.8. The van der Waals surface area contributed by atoms with Crippen LogP contribution in [-0.2, 0) is 6.54 Å². The summed E-state index contributed by atoms with van der Waals surface area (Å²) in [4.78, 5) is 15.2. The molecule has 0 atom stereocenters. The van der Waals surface area contributed by atoms with Crippen LogP contribution in [0.1, 0.15) is 20.8 Å². The summed E-state index contributed by atoms with van der Waals surface area (Å²) in [5, 5.41) is 10.3. The first-order valence-electron chi connectivity index (χ1n) is 7.70. The first-order valence-corrected chi connectivity index (χ1v) is 8.89. The van der Waals surface area contributed by atoms with E-state index in [1.54, 1.807) is 23.1 Å². The van der Waals surface area contributed by atoms with Gasteiger partial charge in [-0.1, -0.05) is 48.0 Å². The highest BCUT2D eigenvalue weighted by molar-refractivity contribution is 7.21. The highest BCUT2D eigenvalue weighted by atomic mass is 35.5. The Morgan fingerprint density at radius 1 is 1.24 bits per heavy atom. The molecule has 124 valence electrons. The molecule has 0 spiro atoms. The van der Waals surface area contributed by atoms with Gasteiger partial charge in [-0.15, -0.1) is 17.9 Å². The number of carbonyl (C=O) groups excluding carboxylic acids is 1. The number of halogens is 1. The number of benzene rings is 2. The van der Waals surface area contributed by atoms with Crippen LogP contribution in [0.4, 0.5) is 0 Å². The average molecular weight is 367 g/mol. The van der Waals surface area contributed by atoms with E-state index in [1.165, 1.54) is 11.3 Å². The van der Waals surface area contributed by atoms with Crippen molar-refractivity contribution in [2.75, 3.05) is 6.54 Å². The van der Waals surface area contributed by atoms with Gasteiger partial charge in [0.15, 0.2) is 0 Å². The third-order valence-corrected chi connectivity index (χ3v) is 5.49. The second-order valence-electron chi connectivity index (χ2n) is 5.52. The van der Waals surface area contributed by atoms with Gasteiger partial charge in [0.25, 0.3) is 5.91 Å². The van der Waals surface area contributed by atoms with Crippen LogP contribution in [0.25, 0.3) is 10.1 Å². The van der Waals surface area contributed by atoms with Crippen molar-refractivity contribution in [2.24, 2.45) is 0 Å². The van der Waals surface area contributed by atoms with Crippen LogP contribution in [0.5, 0.6) is 0 Å². The van der Waals surface area contributed by atoms with Gasteiger partial charge in [0, 0.05) is 23.2 Å². The maximum atomic E-state index is 13.0. The summed E-state index contributed by atoms with van der Waals surface area (Å²) in [5.41, 5.74) is 1.55. The fourth-order valence-electron chi connectivity index (χ4n) is 2.58. The molecular formula is C20H15ClN2OS. The van der Waals surface area contributed by atoms with Gasteiger partial charge < -0.3 is 4.90 Å². The normalized spacial score (nSPS) is 10.4. The number of hydrogen-bond donors (Lipinski definition) is 0. The fourth-order valence-corrected chi connectivity index (χ4v) is 4.06. The standard InChI is InChI=1S/C20H15ClN2OS/c1-2-11-23(13-15-9-7-14(12-22)8-10-15)20(24)19-18(21)16-5-3-4-6-17(16)25-19/h2-10H,1,11,13H2. The van der Waals surface area contributed by atoms with E-state index >= 15 is 0 Å². The SMILES string of the molecule is C=CCN(Cc1ccc(C#N)cc1)C(=O)c1sc2ccccc2c1Cl. The zero-order valence-corrected chi connectivity index (χ0v) is 15.0. The molecule has 1 aromatic heterocycles. The van der Waals surface area contributed by atoms with E-state index < -0.39 is 0 Å². The van der Waals surface area contributed by atoms with E-state index in [9.17, 15) is 4.79 Å². The molecule has 5 heteroatoms. The van der Waals surface area contributed by atoms with Crippen molar-refractivity contribution in [3.8, 4) is 6.07 Å². The summed E-state index contributed by atoms with van der Waals surface area (Å²) in [6.45, 7) is 4.60. The second-order valence-corrected chi connectivity index (χ2v) is 6.95. The summed E-state index contributed by atoms with van der Waals surface area (Å²) < 4.78 is 0.993. The molecule has 3 nitrogen and oxygen atoms in total. The third-order valence-electron chi connectivity index (χ3n) is 3.82. The van der Waals surface area contributed by atoms with E-state index in [-0.39, 0.29) is 5.91 Å². The number of fused-ring (bicyclic) bond motifs is 1. The molecule has 0 bridgehead atoms. The molecule has 0 N–H and O–H groups in total. The predicted octanol–water partition coefficient (Wildman–Crippen LogP) is 5.25. The first kappa shape index (κ1) is 17.2. The average Bonchev–Trinajstić information content (AvgIpc) is 2.98. The summed E-state index contributed by atoms with van der Waals surface area (Å²) in [7, 11) is 0. The minimum absolute atomic E-state index is 0.115. The lowest BCUT2D eigenvalue weighted by Crippen LogP contribution is -2.30. The molecule has 0 saturated carbocycles. The maximum absolute atomic E-state index is 13.0. The number of nitrogens with zero attached hydrogens (tertiary/aromatic N) is 2. The molecule has 25 heavy (non-hydrogen) atoms. The first-order chi connectivity index (χ1) is 12.1. The zero-order valence-electron chi connectivity index (χ0n) is 13.4. The highest BCUT2D eigenvalue weighted by Crippen LogP contribution is 2.36. The van der Waals surface area contributed by atoms with Crippen LogP contribution in [0.15, 0.2) is 61.2 Å². The van der Waals surface area contributed by atoms with Crippen molar-refractivity contribution < 1.29 is 4.79 Å². The minimum Gasteiger partial charge on any atom is -0.330 e. The van der Waals surface area contributed by atoms with Gasteiger partial charge in [0.2, 0.25) is 0 Å². The molecule has 1 amide bonds. The molecule has 0 fully saturated rings. The fraction of sp³-hybridized carbons (Fsp3) is 0.100. The van der Waals surface area contributed by atoms with Gasteiger partial charge in [-0.2, -0.15) is 5.26 Å². The monoisotopic (exact) mass is 366 g/mol. The Bertz CT molecular complexity index is 970. The van der Waals surface area contributed by atoms with Crippen molar-refractivity contribution in [1.29, 1.82) is 5.26 Å². The second kappa shape index (κ2) is 7.52. The van der Waals surface area contributed by atoms with Crippen molar-refractivity contribution >= 4 is 38.9 Å². The Morgan fingerprint density at radius 3 is 2.60 bits per heavy atom. The summed E-state index contributed by atoms with van der Waals surface area (Å²) >= 11 is 7.84. The molecule has 0 saturated heterocycles. The lowest BCUT2D eigenvalue weighted by atomic mass is 10.1. The quantitative estimate of drug-likeness (QED) is 0.578. The van der Waals surface area contributed by atoms with Crippen LogP contribution >= 0.6 is 22.9 Å². The van der Waals surface area contributed by atoms with Crippen LogP contribution in [-0.4, -0.2) is 17.4 Å². The molecule has 0 aliphatic rings. The Hall–Kier alpha value is -2.61. The number of thiophene rings is 1. The Morgan fingerprint density at radius 2 is 1.96 bits per heavy atom. The van der Waals surface area contributed by atoms with Gasteiger partial charge in [-0.3, -0.25) is 4.79 Å². The minimum atomic E-state index is -0.115. The van der Waals surface area contributed by atoms with Crippen LogP contribution in [0, 0.1) is 11.3 Å². The Kier molecular flexibility index (Phi) is 5.18. The number of carbonyl (C=O) groups is 1. The largest absolute Gasteiger partial charge is 0.330 e. The Balaban J connectivity index is 1.90. The van der Waals surface area contributed by atoms with E-state index in [1.807, 2.05) is 36.4 Å². The molecule has 3 aromatic rings. The van der Waals surface area contributed by atoms with Gasteiger partial charge in [-0.25, -0.2) is 0 Å².